The number of rotatable bonds is 4. The third-order valence-corrected chi connectivity index (χ3v) is 3.24. The number of ketones is 1. The van der Waals surface area contributed by atoms with Crippen molar-refractivity contribution in [3.8, 4) is 11.3 Å². The molecule has 1 aliphatic carbocycles. The zero-order valence-corrected chi connectivity index (χ0v) is 10.3. The van der Waals surface area contributed by atoms with E-state index in [4.69, 9.17) is 4.42 Å². The summed E-state index contributed by atoms with van der Waals surface area (Å²) in [6.45, 7) is 0. The Morgan fingerprint density at radius 3 is 2.79 bits per heavy atom. The zero-order chi connectivity index (χ0) is 13.2. The first kappa shape index (κ1) is 11.8. The van der Waals surface area contributed by atoms with Crippen LogP contribution >= 0.6 is 0 Å². The van der Waals surface area contributed by atoms with E-state index >= 15 is 0 Å². The summed E-state index contributed by atoms with van der Waals surface area (Å²) in [5, 5.41) is 0. The molecular weight excluding hydrogens is 242 g/mol. The van der Waals surface area contributed by atoms with Crippen LogP contribution in [0.5, 0.6) is 0 Å². The van der Waals surface area contributed by atoms with E-state index in [1.165, 1.54) is 0 Å². The first-order valence-electron chi connectivity index (χ1n) is 6.30. The Morgan fingerprint density at radius 2 is 2.16 bits per heavy atom. The van der Waals surface area contributed by atoms with Gasteiger partial charge in [-0.15, -0.1) is 0 Å². The van der Waals surface area contributed by atoms with Crippen molar-refractivity contribution in [1.29, 1.82) is 0 Å². The maximum atomic E-state index is 11.9. The number of aromatic nitrogens is 1. The van der Waals surface area contributed by atoms with E-state index in [0.717, 1.165) is 18.4 Å². The van der Waals surface area contributed by atoms with Crippen LogP contribution in [0.3, 0.4) is 0 Å². The minimum atomic E-state index is -0.435. The molecule has 0 spiro atoms. The molecule has 0 unspecified atom stereocenters. The van der Waals surface area contributed by atoms with Crippen molar-refractivity contribution >= 4 is 5.78 Å². The molecule has 19 heavy (non-hydrogen) atoms. The Morgan fingerprint density at radius 1 is 1.32 bits per heavy atom. The van der Waals surface area contributed by atoms with Gasteiger partial charge in [-0.05, 0) is 37.1 Å². The molecule has 1 aliphatic rings. The largest absolute Gasteiger partial charge is 0.422 e. The normalized spacial score (nSPS) is 14.3. The van der Waals surface area contributed by atoms with Gasteiger partial charge >= 0.3 is 5.63 Å². The highest BCUT2D eigenvalue weighted by Crippen LogP contribution is 2.30. The van der Waals surface area contributed by atoms with E-state index in [1.807, 2.05) is 6.07 Å². The summed E-state index contributed by atoms with van der Waals surface area (Å²) in [4.78, 5) is 27.5. The van der Waals surface area contributed by atoms with Crippen molar-refractivity contribution in [3.63, 3.8) is 0 Å². The van der Waals surface area contributed by atoms with E-state index < -0.39 is 5.63 Å². The van der Waals surface area contributed by atoms with Crippen LogP contribution in [0.15, 0.2) is 45.9 Å². The molecule has 0 atom stereocenters. The highest BCUT2D eigenvalue weighted by atomic mass is 16.4. The minimum absolute atomic E-state index is 0.140. The molecule has 0 saturated heterocycles. The number of carbonyl (C=O) groups excluding carboxylic acids is 1. The van der Waals surface area contributed by atoms with Crippen molar-refractivity contribution < 1.29 is 9.21 Å². The summed E-state index contributed by atoms with van der Waals surface area (Å²) in [5.74, 6) is 0.777. The first-order chi connectivity index (χ1) is 9.24. The number of hydrogen-bond donors (Lipinski definition) is 0. The van der Waals surface area contributed by atoms with Gasteiger partial charge in [-0.25, -0.2) is 4.79 Å². The van der Waals surface area contributed by atoms with Gasteiger partial charge in [0.25, 0.3) is 0 Å². The lowest BCUT2D eigenvalue weighted by molar-refractivity contribution is -0.119. The third kappa shape index (κ3) is 2.62. The van der Waals surface area contributed by atoms with E-state index in [1.54, 1.807) is 30.6 Å². The van der Waals surface area contributed by atoms with E-state index in [9.17, 15) is 9.59 Å². The fourth-order valence-electron chi connectivity index (χ4n) is 1.98. The fraction of sp³-hybridized carbons (Fsp3) is 0.267. The van der Waals surface area contributed by atoms with Crippen molar-refractivity contribution in [2.75, 3.05) is 0 Å². The molecule has 1 saturated carbocycles. The van der Waals surface area contributed by atoms with Crippen molar-refractivity contribution in [2.45, 2.75) is 19.3 Å². The van der Waals surface area contributed by atoms with Gasteiger partial charge in [0.1, 0.15) is 11.5 Å². The molecule has 4 nitrogen and oxygen atoms in total. The molecule has 0 bridgehead atoms. The number of pyridine rings is 1. The number of hydrogen-bond acceptors (Lipinski definition) is 4. The van der Waals surface area contributed by atoms with Crippen LogP contribution in [-0.4, -0.2) is 10.8 Å². The Labute approximate surface area is 110 Å². The SMILES string of the molecule is O=C(Cc1ccc(-c2cccnc2)oc1=O)C1CC1. The average Bonchev–Trinajstić information content (AvgIpc) is 3.26. The monoisotopic (exact) mass is 255 g/mol. The molecule has 0 aromatic carbocycles. The van der Waals surface area contributed by atoms with Gasteiger partial charge in [-0.3, -0.25) is 9.78 Å². The molecule has 2 heterocycles. The smallest absolute Gasteiger partial charge is 0.339 e. The van der Waals surface area contributed by atoms with Crippen LogP contribution in [0, 0.1) is 5.92 Å². The lowest BCUT2D eigenvalue weighted by atomic mass is 10.1. The minimum Gasteiger partial charge on any atom is -0.422 e. The van der Waals surface area contributed by atoms with Gasteiger partial charge in [0, 0.05) is 35.9 Å². The Kier molecular flexibility index (Phi) is 2.99. The maximum absolute atomic E-state index is 11.9. The Bertz CT molecular complexity index is 657. The second-order valence-electron chi connectivity index (χ2n) is 4.77. The predicted octanol–water partition coefficient (Wildman–Crippen LogP) is 2.22. The molecule has 0 aliphatic heterocycles. The maximum Gasteiger partial charge on any atom is 0.339 e. The molecule has 2 aromatic rings. The van der Waals surface area contributed by atoms with Crippen molar-refractivity contribution in [3.05, 3.63) is 52.6 Å². The van der Waals surface area contributed by atoms with Crippen LogP contribution in [0.2, 0.25) is 0 Å². The summed E-state index contributed by atoms with van der Waals surface area (Å²) >= 11 is 0. The first-order valence-corrected chi connectivity index (χ1v) is 6.30. The van der Waals surface area contributed by atoms with E-state index in [2.05, 4.69) is 4.98 Å². The van der Waals surface area contributed by atoms with Gasteiger partial charge < -0.3 is 4.42 Å². The molecule has 0 radical (unpaired) electrons. The van der Waals surface area contributed by atoms with Crippen molar-refractivity contribution in [1.82, 2.24) is 4.98 Å². The van der Waals surface area contributed by atoms with Crippen LogP contribution < -0.4 is 5.63 Å². The molecule has 0 amide bonds. The summed E-state index contributed by atoms with van der Waals surface area (Å²) in [6.07, 6.45) is 5.38. The van der Waals surface area contributed by atoms with Gasteiger partial charge in [0.05, 0.1) is 0 Å². The predicted molar refractivity (Wildman–Crippen MR) is 69.6 cm³/mol. The van der Waals surface area contributed by atoms with E-state index in [0.29, 0.717) is 11.3 Å². The van der Waals surface area contributed by atoms with Crippen LogP contribution in [-0.2, 0) is 11.2 Å². The molecule has 96 valence electrons. The van der Waals surface area contributed by atoms with Crippen LogP contribution in [0.1, 0.15) is 18.4 Å². The number of nitrogens with zero attached hydrogens (tertiary/aromatic N) is 1. The second kappa shape index (κ2) is 4.80. The summed E-state index contributed by atoms with van der Waals surface area (Å²) in [6, 6.07) is 6.99. The fourth-order valence-corrected chi connectivity index (χ4v) is 1.98. The van der Waals surface area contributed by atoms with Crippen LogP contribution in [0.25, 0.3) is 11.3 Å². The Hall–Kier alpha value is -2.23. The standard InChI is InChI=1S/C15H13NO3/c17-13(10-3-4-10)8-11-5-6-14(19-15(11)18)12-2-1-7-16-9-12/h1-2,5-7,9-10H,3-4,8H2. The van der Waals surface area contributed by atoms with Gasteiger partial charge in [0.2, 0.25) is 0 Å². The van der Waals surface area contributed by atoms with Gasteiger partial charge in [-0.1, -0.05) is 0 Å². The number of carbonyl (C=O) groups is 1. The van der Waals surface area contributed by atoms with Gasteiger partial charge in [0.15, 0.2) is 0 Å². The highest BCUT2D eigenvalue weighted by molar-refractivity contribution is 5.85. The lowest BCUT2D eigenvalue weighted by Gasteiger charge is -2.01. The summed E-state index contributed by atoms with van der Waals surface area (Å²) in [7, 11) is 0. The topological polar surface area (TPSA) is 60.2 Å². The highest BCUT2D eigenvalue weighted by Gasteiger charge is 2.29. The van der Waals surface area contributed by atoms with Gasteiger partial charge in [-0.2, -0.15) is 0 Å². The molecule has 1 fully saturated rings. The van der Waals surface area contributed by atoms with Crippen molar-refractivity contribution in [2.24, 2.45) is 5.92 Å². The van der Waals surface area contributed by atoms with E-state index in [-0.39, 0.29) is 18.1 Å². The van der Waals surface area contributed by atoms with Crippen LogP contribution in [0.4, 0.5) is 0 Å². The average molecular weight is 255 g/mol. The molecule has 0 N–H and O–H groups in total. The lowest BCUT2D eigenvalue weighted by Crippen LogP contribution is -2.14. The quantitative estimate of drug-likeness (QED) is 0.840. The molecule has 3 rings (SSSR count). The zero-order valence-electron chi connectivity index (χ0n) is 10.3. The summed E-state index contributed by atoms with van der Waals surface area (Å²) in [5.41, 5.74) is 0.750. The molecule has 4 heteroatoms. The molecular formula is C15H13NO3. The second-order valence-corrected chi connectivity index (χ2v) is 4.77. The molecule has 2 aromatic heterocycles. The Balaban J connectivity index is 1.85. The summed E-state index contributed by atoms with van der Waals surface area (Å²) < 4.78 is 5.25. The third-order valence-electron chi connectivity index (χ3n) is 3.24. The number of Topliss-reactive ketones (excluding diaryl/α,β-unsaturated/α-hetero) is 1.